The lowest BCUT2D eigenvalue weighted by atomic mass is 9.85. The monoisotopic (exact) mass is 342 g/mol. The summed E-state index contributed by atoms with van der Waals surface area (Å²) in [6, 6.07) is 12.0. The predicted molar refractivity (Wildman–Crippen MR) is 110 cm³/mol. The number of benzene rings is 2. The lowest BCUT2D eigenvalue weighted by Crippen LogP contribution is -2.19. The Morgan fingerprint density at radius 3 is 2.58 bits per heavy atom. The molecule has 0 nitrogen and oxygen atoms in total. The summed E-state index contributed by atoms with van der Waals surface area (Å²) in [4.78, 5) is 0. The molecule has 0 amide bonds. The highest BCUT2D eigenvalue weighted by atomic mass is 14.2. The van der Waals surface area contributed by atoms with Gasteiger partial charge in [0.05, 0.1) is 0 Å². The van der Waals surface area contributed by atoms with Crippen LogP contribution in [0.3, 0.4) is 0 Å². The van der Waals surface area contributed by atoms with Crippen molar-refractivity contribution in [2.75, 3.05) is 0 Å². The Hall–Kier alpha value is -1.82. The van der Waals surface area contributed by atoms with Crippen LogP contribution in [0.15, 0.2) is 30.3 Å². The molecule has 0 heteroatoms. The van der Waals surface area contributed by atoms with E-state index in [1.54, 1.807) is 16.7 Å². The smallest absolute Gasteiger partial charge is 0.00791 e. The third-order valence-electron chi connectivity index (χ3n) is 6.96. The van der Waals surface area contributed by atoms with E-state index in [2.05, 4.69) is 42.5 Å². The molecular weight excluding hydrogens is 312 g/mol. The Morgan fingerprint density at radius 1 is 0.769 bits per heavy atom. The maximum absolute atomic E-state index is 2.51. The molecule has 0 saturated heterocycles. The van der Waals surface area contributed by atoms with Crippen molar-refractivity contribution in [3.63, 3.8) is 0 Å². The van der Waals surface area contributed by atoms with Crippen molar-refractivity contribution in [3.8, 4) is 0 Å². The first-order valence-electron chi connectivity index (χ1n) is 10.8. The van der Waals surface area contributed by atoms with E-state index in [1.807, 2.05) is 0 Å². The normalized spacial score (nSPS) is 18.9. The van der Waals surface area contributed by atoms with Crippen LogP contribution >= 0.6 is 0 Å². The molecule has 0 N–H and O–H groups in total. The summed E-state index contributed by atoms with van der Waals surface area (Å²) in [6.07, 6.45) is 19.8. The lowest BCUT2D eigenvalue weighted by Gasteiger charge is -2.21. The van der Waals surface area contributed by atoms with Crippen LogP contribution in [0.25, 0.3) is 12.2 Å². The summed E-state index contributed by atoms with van der Waals surface area (Å²) in [5, 5.41) is 5.94. The minimum absolute atomic E-state index is 0.973. The Kier molecular flexibility index (Phi) is 4.44. The van der Waals surface area contributed by atoms with Crippen molar-refractivity contribution in [1.82, 2.24) is 0 Å². The summed E-state index contributed by atoms with van der Waals surface area (Å²) < 4.78 is 0. The van der Waals surface area contributed by atoms with E-state index in [0.717, 1.165) is 12.3 Å². The van der Waals surface area contributed by atoms with Gasteiger partial charge in [0.2, 0.25) is 0 Å². The Morgan fingerprint density at radius 2 is 1.65 bits per heavy atom. The summed E-state index contributed by atoms with van der Waals surface area (Å²) in [7, 11) is 0. The number of hydrogen-bond acceptors (Lipinski definition) is 0. The van der Waals surface area contributed by atoms with Gasteiger partial charge in [0, 0.05) is 0 Å². The van der Waals surface area contributed by atoms with Gasteiger partial charge in [-0.3, -0.25) is 0 Å². The van der Waals surface area contributed by atoms with Crippen LogP contribution in [-0.4, -0.2) is 0 Å². The van der Waals surface area contributed by atoms with E-state index < -0.39 is 0 Å². The van der Waals surface area contributed by atoms with Crippen LogP contribution in [0, 0.1) is 16.4 Å². The molecule has 2 aromatic carbocycles. The lowest BCUT2D eigenvalue weighted by molar-refractivity contribution is 0.339. The second-order valence-electron chi connectivity index (χ2n) is 8.63. The Balaban J connectivity index is 1.55. The minimum atomic E-state index is 0.973. The molecule has 5 rings (SSSR count). The van der Waals surface area contributed by atoms with Crippen LogP contribution in [-0.2, 0) is 19.3 Å². The van der Waals surface area contributed by atoms with Gasteiger partial charge < -0.3 is 0 Å². The fourth-order valence-corrected chi connectivity index (χ4v) is 5.45. The first-order valence-corrected chi connectivity index (χ1v) is 10.8. The molecule has 134 valence electrons. The predicted octanol–water partition coefficient (Wildman–Crippen LogP) is 4.94. The SMILES string of the molecule is C1=c2ccc3c(c2CCC1)CC=c1ccc(CCC2CCCCC2)cc1=3. The molecule has 0 bridgehead atoms. The largest absolute Gasteiger partial charge is 0.0770 e. The van der Waals surface area contributed by atoms with E-state index in [1.165, 1.54) is 85.1 Å². The molecule has 0 heterocycles. The number of fused-ring (bicyclic) bond motifs is 4. The highest BCUT2D eigenvalue weighted by molar-refractivity contribution is 5.47. The molecule has 1 saturated carbocycles. The molecule has 26 heavy (non-hydrogen) atoms. The van der Waals surface area contributed by atoms with Crippen LogP contribution in [0.5, 0.6) is 0 Å². The van der Waals surface area contributed by atoms with E-state index in [9.17, 15) is 0 Å². The third kappa shape index (κ3) is 3.04. The molecule has 0 spiro atoms. The fraction of sp³-hybridized carbons (Fsp3) is 0.462. The summed E-state index contributed by atoms with van der Waals surface area (Å²) in [6.45, 7) is 0. The zero-order valence-electron chi connectivity index (χ0n) is 15.9. The summed E-state index contributed by atoms with van der Waals surface area (Å²) in [5.74, 6) is 0.973. The molecule has 3 aliphatic carbocycles. The quantitative estimate of drug-likeness (QED) is 0.741. The van der Waals surface area contributed by atoms with Crippen molar-refractivity contribution >= 4 is 12.2 Å². The topological polar surface area (TPSA) is 0 Å². The first kappa shape index (κ1) is 16.4. The molecule has 3 aliphatic rings. The number of hydrogen-bond donors (Lipinski definition) is 0. The van der Waals surface area contributed by atoms with Gasteiger partial charge in [0.25, 0.3) is 0 Å². The standard InChI is InChI=1S/C26H30/c1-2-6-19(7-3-1)10-11-20-12-13-22-15-16-24-23-9-5-4-8-21(23)14-17-25(24)26(22)18-20/h8,12-15,17-19H,1-7,9-11,16H2. The molecular formula is C26H30. The van der Waals surface area contributed by atoms with Gasteiger partial charge in [0.15, 0.2) is 0 Å². The highest BCUT2D eigenvalue weighted by Crippen LogP contribution is 2.27. The van der Waals surface area contributed by atoms with E-state index in [-0.39, 0.29) is 0 Å². The minimum Gasteiger partial charge on any atom is -0.0770 e. The van der Waals surface area contributed by atoms with Gasteiger partial charge in [-0.25, -0.2) is 0 Å². The van der Waals surface area contributed by atoms with Gasteiger partial charge in [0.1, 0.15) is 0 Å². The summed E-state index contributed by atoms with van der Waals surface area (Å²) in [5.41, 5.74) is 4.78. The van der Waals surface area contributed by atoms with Gasteiger partial charge in [-0.1, -0.05) is 74.6 Å². The van der Waals surface area contributed by atoms with Crippen LogP contribution in [0.1, 0.15) is 68.1 Å². The molecule has 0 aliphatic heterocycles. The van der Waals surface area contributed by atoms with Crippen LogP contribution in [0.2, 0.25) is 0 Å². The van der Waals surface area contributed by atoms with Crippen molar-refractivity contribution in [3.05, 3.63) is 67.9 Å². The second kappa shape index (κ2) is 7.06. The van der Waals surface area contributed by atoms with Crippen LogP contribution < -0.4 is 10.4 Å². The first-order chi connectivity index (χ1) is 12.9. The third-order valence-corrected chi connectivity index (χ3v) is 6.96. The van der Waals surface area contributed by atoms with Gasteiger partial charge in [-0.2, -0.15) is 0 Å². The van der Waals surface area contributed by atoms with Gasteiger partial charge in [-0.05, 0) is 82.0 Å². The number of aryl methyl sites for hydroxylation is 1. The van der Waals surface area contributed by atoms with Crippen molar-refractivity contribution in [2.24, 2.45) is 5.92 Å². The molecule has 1 fully saturated rings. The fourth-order valence-electron chi connectivity index (χ4n) is 5.45. The zero-order valence-corrected chi connectivity index (χ0v) is 15.9. The van der Waals surface area contributed by atoms with Crippen molar-refractivity contribution < 1.29 is 0 Å². The zero-order chi connectivity index (χ0) is 17.3. The van der Waals surface area contributed by atoms with Crippen molar-refractivity contribution in [2.45, 2.75) is 70.6 Å². The van der Waals surface area contributed by atoms with Crippen molar-refractivity contribution in [1.29, 1.82) is 0 Å². The van der Waals surface area contributed by atoms with E-state index in [0.29, 0.717) is 0 Å². The second-order valence-corrected chi connectivity index (χ2v) is 8.63. The average molecular weight is 343 g/mol. The average Bonchev–Trinajstić information content (AvgIpc) is 2.72. The molecule has 0 atom stereocenters. The number of rotatable bonds is 3. The molecule has 2 aromatic rings. The maximum Gasteiger partial charge on any atom is -0.00791 e. The van der Waals surface area contributed by atoms with Gasteiger partial charge >= 0.3 is 0 Å². The van der Waals surface area contributed by atoms with E-state index >= 15 is 0 Å². The highest BCUT2D eigenvalue weighted by Gasteiger charge is 2.14. The van der Waals surface area contributed by atoms with Gasteiger partial charge in [-0.15, -0.1) is 0 Å². The summed E-state index contributed by atoms with van der Waals surface area (Å²) >= 11 is 0. The molecule has 0 radical (unpaired) electrons. The Labute approximate surface area is 157 Å². The van der Waals surface area contributed by atoms with E-state index in [4.69, 9.17) is 0 Å². The van der Waals surface area contributed by atoms with Crippen LogP contribution in [0.4, 0.5) is 0 Å². The maximum atomic E-state index is 2.51. The Bertz CT molecular complexity index is 1020. The molecule has 0 unspecified atom stereocenters. The molecule has 0 aromatic heterocycles.